The smallest absolute Gasteiger partial charge is 0.268 e. The number of rotatable bonds is 3. The molecule has 118 valence electrons. The lowest BCUT2D eigenvalue weighted by Gasteiger charge is -2.10. The van der Waals surface area contributed by atoms with E-state index in [0.717, 1.165) is 10.0 Å². The minimum Gasteiger partial charge on any atom is -0.382 e. The second kappa shape index (κ2) is 6.50. The number of benzene rings is 2. The molecular weight excluding hydrogens is 363 g/mol. The van der Waals surface area contributed by atoms with Crippen molar-refractivity contribution in [1.82, 2.24) is 0 Å². The topological polar surface area (TPSA) is 50.7 Å². The monoisotopic (exact) mass is 376 g/mol. The summed E-state index contributed by atoms with van der Waals surface area (Å²) in [5.74, 6) is -0.705. The number of hydrogen-bond donors (Lipinski definition) is 1. The Balaban J connectivity index is 1.65. The van der Waals surface area contributed by atoms with Gasteiger partial charge in [0.25, 0.3) is 5.91 Å². The molecule has 1 heterocycles. The first-order valence-corrected chi connectivity index (χ1v) is 7.88. The van der Waals surface area contributed by atoms with Crippen LogP contribution in [0.25, 0.3) is 0 Å². The maximum Gasteiger partial charge on any atom is 0.268 e. The van der Waals surface area contributed by atoms with Crippen LogP contribution in [0.5, 0.6) is 0 Å². The molecule has 0 saturated carbocycles. The summed E-state index contributed by atoms with van der Waals surface area (Å²) >= 11 is 3.40. The van der Waals surface area contributed by atoms with Gasteiger partial charge < -0.3 is 10.2 Å². The quantitative estimate of drug-likeness (QED) is 0.878. The third-order valence-corrected chi connectivity index (χ3v) is 4.05. The van der Waals surface area contributed by atoms with Gasteiger partial charge in [0.1, 0.15) is 5.82 Å². The number of oxime groups is 1. The summed E-state index contributed by atoms with van der Waals surface area (Å²) in [5, 5.41) is 6.63. The van der Waals surface area contributed by atoms with E-state index in [2.05, 4.69) is 26.4 Å². The Morgan fingerprint density at radius 1 is 1.35 bits per heavy atom. The maximum atomic E-state index is 13.5. The zero-order chi connectivity index (χ0) is 16.4. The molecule has 0 aliphatic carbocycles. The molecule has 0 spiro atoms. The van der Waals surface area contributed by atoms with Gasteiger partial charge >= 0.3 is 0 Å². The van der Waals surface area contributed by atoms with E-state index in [0.29, 0.717) is 23.4 Å². The van der Waals surface area contributed by atoms with E-state index in [1.54, 1.807) is 19.1 Å². The number of nitrogens with one attached hydrogen (secondary N) is 1. The van der Waals surface area contributed by atoms with Gasteiger partial charge in [-0.2, -0.15) is 0 Å². The lowest BCUT2D eigenvalue weighted by molar-refractivity contribution is -0.125. The van der Waals surface area contributed by atoms with Gasteiger partial charge in [-0.3, -0.25) is 4.79 Å². The highest BCUT2D eigenvalue weighted by Crippen LogP contribution is 2.21. The van der Waals surface area contributed by atoms with Crippen LogP contribution in [0.4, 0.5) is 10.1 Å². The summed E-state index contributed by atoms with van der Waals surface area (Å²) in [5.41, 5.74) is 2.54. The summed E-state index contributed by atoms with van der Waals surface area (Å²) in [6.07, 6.45) is -0.343. The minimum absolute atomic E-state index is 0.345. The third kappa shape index (κ3) is 3.59. The Morgan fingerprint density at radius 2 is 2.17 bits per heavy atom. The van der Waals surface area contributed by atoms with Crippen molar-refractivity contribution < 1.29 is 14.0 Å². The second-order valence-electron chi connectivity index (χ2n) is 5.30. The molecule has 1 amide bonds. The molecule has 6 heteroatoms. The molecular formula is C17H14BrFN2O2. The predicted molar refractivity (Wildman–Crippen MR) is 89.9 cm³/mol. The van der Waals surface area contributed by atoms with Crippen molar-refractivity contribution in [2.24, 2.45) is 5.16 Å². The standard InChI is InChI=1S/C17H14BrFN2O2/c1-10-5-6-13(8-14(10)19)20-17(22)16-9-15(21-23-16)11-3-2-4-12(18)7-11/h2-8,16H,9H2,1H3,(H,20,22). The van der Waals surface area contributed by atoms with Crippen LogP contribution in [0.2, 0.25) is 0 Å². The first kappa shape index (κ1) is 15.7. The summed E-state index contributed by atoms with van der Waals surface area (Å²) in [4.78, 5) is 17.4. The van der Waals surface area contributed by atoms with Crippen molar-refractivity contribution in [2.75, 3.05) is 5.32 Å². The van der Waals surface area contributed by atoms with E-state index in [4.69, 9.17) is 4.84 Å². The van der Waals surface area contributed by atoms with E-state index in [1.165, 1.54) is 6.07 Å². The van der Waals surface area contributed by atoms with Crippen molar-refractivity contribution in [3.8, 4) is 0 Å². The fourth-order valence-corrected chi connectivity index (χ4v) is 2.65. The van der Waals surface area contributed by atoms with Crippen LogP contribution < -0.4 is 5.32 Å². The number of halogens is 2. The number of amides is 1. The van der Waals surface area contributed by atoms with Crippen LogP contribution in [-0.4, -0.2) is 17.7 Å². The number of hydrogen-bond acceptors (Lipinski definition) is 3. The molecule has 0 saturated heterocycles. The first-order chi connectivity index (χ1) is 11.0. The molecule has 0 aromatic heterocycles. The molecule has 1 aliphatic heterocycles. The van der Waals surface area contributed by atoms with E-state index in [1.807, 2.05) is 24.3 Å². The van der Waals surface area contributed by atoms with Gasteiger partial charge in [0, 0.05) is 22.1 Å². The van der Waals surface area contributed by atoms with Crippen LogP contribution >= 0.6 is 15.9 Å². The highest BCUT2D eigenvalue weighted by molar-refractivity contribution is 9.10. The predicted octanol–water partition coefficient (Wildman–Crippen LogP) is 4.03. The Labute approximate surface area is 141 Å². The molecule has 4 nitrogen and oxygen atoms in total. The molecule has 2 aromatic rings. The molecule has 3 rings (SSSR count). The lowest BCUT2D eigenvalue weighted by Crippen LogP contribution is -2.28. The molecule has 1 aliphatic rings. The SMILES string of the molecule is Cc1ccc(NC(=O)C2CC(c3cccc(Br)c3)=NO2)cc1F. The molecule has 1 N–H and O–H groups in total. The Morgan fingerprint density at radius 3 is 2.91 bits per heavy atom. The summed E-state index contributed by atoms with van der Waals surface area (Å²) in [6.45, 7) is 1.67. The summed E-state index contributed by atoms with van der Waals surface area (Å²) in [6, 6.07) is 12.2. The number of nitrogens with zero attached hydrogens (tertiary/aromatic N) is 1. The van der Waals surface area contributed by atoms with Crippen LogP contribution in [0, 0.1) is 12.7 Å². The molecule has 23 heavy (non-hydrogen) atoms. The number of carbonyl (C=O) groups is 1. The number of anilines is 1. The summed E-state index contributed by atoms with van der Waals surface area (Å²) < 4.78 is 14.4. The van der Waals surface area contributed by atoms with Crippen LogP contribution in [0.3, 0.4) is 0 Å². The van der Waals surface area contributed by atoms with Crippen LogP contribution in [-0.2, 0) is 9.63 Å². The van der Waals surface area contributed by atoms with Crippen molar-refractivity contribution in [1.29, 1.82) is 0 Å². The van der Waals surface area contributed by atoms with E-state index in [9.17, 15) is 9.18 Å². The third-order valence-electron chi connectivity index (χ3n) is 3.56. The van der Waals surface area contributed by atoms with Crippen molar-refractivity contribution >= 4 is 33.2 Å². The highest BCUT2D eigenvalue weighted by atomic mass is 79.9. The average Bonchev–Trinajstić information content (AvgIpc) is 3.01. The minimum atomic E-state index is -0.714. The van der Waals surface area contributed by atoms with Gasteiger partial charge in [0.15, 0.2) is 0 Å². The number of carbonyl (C=O) groups excluding carboxylic acids is 1. The molecule has 1 unspecified atom stereocenters. The molecule has 0 bridgehead atoms. The Hall–Kier alpha value is -2.21. The van der Waals surface area contributed by atoms with Gasteiger partial charge in [-0.05, 0) is 36.8 Å². The van der Waals surface area contributed by atoms with Crippen molar-refractivity contribution in [3.63, 3.8) is 0 Å². The largest absolute Gasteiger partial charge is 0.382 e. The van der Waals surface area contributed by atoms with Crippen molar-refractivity contribution in [3.05, 3.63) is 63.9 Å². The van der Waals surface area contributed by atoms with Gasteiger partial charge in [0.2, 0.25) is 6.10 Å². The normalized spacial score (nSPS) is 16.7. The van der Waals surface area contributed by atoms with Gasteiger partial charge in [0.05, 0.1) is 5.71 Å². The molecule has 2 aromatic carbocycles. The van der Waals surface area contributed by atoms with Crippen molar-refractivity contribution in [2.45, 2.75) is 19.4 Å². The first-order valence-electron chi connectivity index (χ1n) is 7.08. The van der Waals surface area contributed by atoms with Crippen LogP contribution in [0.1, 0.15) is 17.5 Å². The molecule has 0 fully saturated rings. The lowest BCUT2D eigenvalue weighted by atomic mass is 10.0. The Kier molecular flexibility index (Phi) is 4.43. The van der Waals surface area contributed by atoms with Gasteiger partial charge in [-0.25, -0.2) is 4.39 Å². The molecule has 1 atom stereocenters. The van der Waals surface area contributed by atoms with E-state index in [-0.39, 0.29) is 11.7 Å². The summed E-state index contributed by atoms with van der Waals surface area (Å²) in [7, 11) is 0. The zero-order valence-corrected chi connectivity index (χ0v) is 13.9. The zero-order valence-electron chi connectivity index (χ0n) is 12.3. The average molecular weight is 377 g/mol. The fourth-order valence-electron chi connectivity index (χ4n) is 2.25. The van der Waals surface area contributed by atoms with Gasteiger partial charge in [-0.15, -0.1) is 0 Å². The number of aryl methyl sites for hydroxylation is 1. The maximum absolute atomic E-state index is 13.5. The fraction of sp³-hybridized carbons (Fsp3) is 0.176. The van der Waals surface area contributed by atoms with Gasteiger partial charge in [-0.1, -0.05) is 39.3 Å². The Bertz CT molecular complexity index is 792. The second-order valence-corrected chi connectivity index (χ2v) is 6.22. The van der Waals surface area contributed by atoms with Crippen LogP contribution in [0.15, 0.2) is 52.1 Å². The molecule has 0 radical (unpaired) electrons. The van der Waals surface area contributed by atoms with E-state index >= 15 is 0 Å². The van der Waals surface area contributed by atoms with E-state index < -0.39 is 6.10 Å². The highest BCUT2D eigenvalue weighted by Gasteiger charge is 2.29.